The molecule has 0 spiro atoms. The molecule has 316 valence electrons. The zero-order valence-electron chi connectivity index (χ0n) is 37.5. The predicted octanol–water partition coefficient (Wildman–Crippen LogP) is 18.4. The number of aryl methyl sites for hydroxylation is 1. The molecule has 0 fully saturated rings. The number of anilines is 3. The van der Waals surface area contributed by atoms with Crippen LogP contribution in [0.25, 0.3) is 102 Å². The maximum Gasteiger partial charge on any atom is 0.0561 e. The maximum absolute atomic E-state index is 2.49. The van der Waals surface area contributed by atoms with Crippen molar-refractivity contribution in [2.75, 3.05) is 4.90 Å². The molecule has 13 aromatic rings. The smallest absolute Gasteiger partial charge is 0.0561 e. The molecule has 0 unspecified atom stereocenters. The van der Waals surface area contributed by atoms with Crippen LogP contribution in [0.5, 0.6) is 0 Å². The van der Waals surface area contributed by atoms with Gasteiger partial charge in [-0.3, -0.25) is 0 Å². The van der Waals surface area contributed by atoms with Crippen molar-refractivity contribution in [3.05, 3.63) is 229 Å². The molecule has 0 saturated heterocycles. The van der Waals surface area contributed by atoms with Crippen molar-refractivity contribution in [2.24, 2.45) is 0 Å². The highest BCUT2D eigenvalue weighted by atomic mass is 32.1. The van der Waals surface area contributed by atoms with E-state index < -0.39 is 0 Å². The minimum atomic E-state index is -0.146. The number of para-hydroxylation sites is 1. The number of benzene rings is 11. The summed E-state index contributed by atoms with van der Waals surface area (Å²) in [6.07, 6.45) is 0. The Labute approximate surface area is 393 Å². The molecule has 67 heavy (non-hydrogen) atoms. The molecule has 14 rings (SSSR count). The third-order valence-electron chi connectivity index (χ3n) is 14.8. The predicted molar refractivity (Wildman–Crippen MR) is 289 cm³/mol. The summed E-state index contributed by atoms with van der Waals surface area (Å²) < 4.78 is 5.10. The molecule has 1 aliphatic carbocycles. The van der Waals surface area contributed by atoms with E-state index in [1.807, 2.05) is 11.3 Å². The second-order valence-corrected chi connectivity index (χ2v) is 20.1. The summed E-state index contributed by atoms with van der Waals surface area (Å²) in [5.41, 5.74) is 15.9. The lowest BCUT2D eigenvalue weighted by Crippen LogP contribution is -2.16. The average molecular weight is 873 g/mol. The monoisotopic (exact) mass is 872 g/mol. The van der Waals surface area contributed by atoms with Crippen LogP contribution in [0, 0.1) is 6.92 Å². The molecule has 0 bridgehead atoms. The highest BCUT2D eigenvalue weighted by Crippen LogP contribution is 2.51. The highest BCUT2D eigenvalue weighted by molar-refractivity contribution is 7.25. The highest BCUT2D eigenvalue weighted by Gasteiger charge is 2.36. The first kappa shape index (κ1) is 38.3. The Kier molecular flexibility index (Phi) is 8.15. The van der Waals surface area contributed by atoms with E-state index >= 15 is 0 Å². The van der Waals surface area contributed by atoms with Crippen molar-refractivity contribution in [1.82, 2.24) is 4.57 Å². The molecule has 3 heteroatoms. The van der Waals surface area contributed by atoms with Gasteiger partial charge in [-0.25, -0.2) is 0 Å². The van der Waals surface area contributed by atoms with Gasteiger partial charge in [0.1, 0.15) is 0 Å². The lowest BCUT2D eigenvalue weighted by atomic mass is 9.82. The Morgan fingerprint density at radius 2 is 0.985 bits per heavy atom. The molecule has 0 aliphatic heterocycles. The van der Waals surface area contributed by atoms with Crippen molar-refractivity contribution < 1.29 is 0 Å². The van der Waals surface area contributed by atoms with E-state index in [4.69, 9.17) is 0 Å². The number of hydrogen-bond acceptors (Lipinski definition) is 2. The topological polar surface area (TPSA) is 8.17 Å². The summed E-state index contributed by atoms with van der Waals surface area (Å²) in [4.78, 5) is 2.49. The number of thiophene rings is 1. The fourth-order valence-corrected chi connectivity index (χ4v) is 12.5. The quantitative estimate of drug-likeness (QED) is 0.156. The molecule has 0 saturated carbocycles. The average Bonchev–Trinajstić information content (AvgIpc) is 3.98. The molecule has 11 aromatic carbocycles. The van der Waals surface area contributed by atoms with Crippen LogP contribution in [0.1, 0.15) is 30.5 Å². The second kappa shape index (κ2) is 14.3. The fourth-order valence-electron chi connectivity index (χ4n) is 11.4. The number of fused-ring (bicyclic) bond motifs is 14. The van der Waals surface area contributed by atoms with Gasteiger partial charge in [0.15, 0.2) is 0 Å². The first-order valence-electron chi connectivity index (χ1n) is 23.3. The summed E-state index contributed by atoms with van der Waals surface area (Å²) in [6, 6.07) is 79.9. The molecule has 2 aromatic heterocycles. The van der Waals surface area contributed by atoms with Crippen molar-refractivity contribution in [2.45, 2.75) is 26.2 Å². The molecule has 1 aliphatic rings. The van der Waals surface area contributed by atoms with Gasteiger partial charge in [0.2, 0.25) is 0 Å². The van der Waals surface area contributed by atoms with Crippen LogP contribution in [-0.4, -0.2) is 4.57 Å². The molecule has 2 heterocycles. The van der Waals surface area contributed by atoms with Gasteiger partial charge in [0.05, 0.1) is 11.0 Å². The summed E-state index contributed by atoms with van der Waals surface area (Å²) in [7, 11) is 0. The number of aromatic nitrogens is 1. The Bertz CT molecular complexity index is 4200. The molecule has 0 radical (unpaired) electrons. The second-order valence-electron chi connectivity index (χ2n) is 19.0. The van der Waals surface area contributed by atoms with Gasteiger partial charge < -0.3 is 9.47 Å². The number of rotatable bonds is 5. The third-order valence-corrected chi connectivity index (χ3v) is 16.0. The Hall–Kier alpha value is -7.98. The van der Waals surface area contributed by atoms with Crippen LogP contribution >= 0.6 is 11.3 Å². The van der Waals surface area contributed by atoms with Gasteiger partial charge in [-0.05, 0) is 145 Å². The van der Waals surface area contributed by atoms with Crippen LogP contribution in [0.4, 0.5) is 17.1 Å². The molecule has 2 nitrogen and oxygen atoms in total. The zero-order chi connectivity index (χ0) is 44.5. The van der Waals surface area contributed by atoms with Crippen LogP contribution in [-0.2, 0) is 5.41 Å². The summed E-state index contributed by atoms with van der Waals surface area (Å²) in [6.45, 7) is 6.90. The van der Waals surface area contributed by atoms with Crippen LogP contribution in [0.3, 0.4) is 0 Å². The SMILES string of the molecule is Cc1ccc(-c2ccc3ccc4c5cc(N(c6ccc7c(c6)C(C)(C)c6ccccc6-7)c6ccc7c8ccccc8n(-c8ccc9sc%10ccccc%10c9c8)c7c6)ccc5ccc4c3c2)cc1. The third kappa shape index (κ3) is 5.75. The first-order chi connectivity index (χ1) is 32.9. The maximum atomic E-state index is 2.49. The van der Waals surface area contributed by atoms with Crippen molar-refractivity contribution >= 4 is 103 Å². The van der Waals surface area contributed by atoms with Gasteiger partial charge in [-0.15, -0.1) is 11.3 Å². The minimum Gasteiger partial charge on any atom is -0.310 e. The van der Waals surface area contributed by atoms with Crippen LogP contribution in [0.2, 0.25) is 0 Å². The van der Waals surface area contributed by atoms with E-state index in [-0.39, 0.29) is 5.41 Å². The van der Waals surface area contributed by atoms with E-state index in [2.05, 4.69) is 243 Å². The largest absolute Gasteiger partial charge is 0.310 e. The van der Waals surface area contributed by atoms with E-state index in [0.717, 1.165) is 22.7 Å². The van der Waals surface area contributed by atoms with Crippen LogP contribution in [0.15, 0.2) is 212 Å². The van der Waals surface area contributed by atoms with Gasteiger partial charge in [0, 0.05) is 59.1 Å². The van der Waals surface area contributed by atoms with Crippen LogP contribution < -0.4 is 4.90 Å². The fraction of sp³-hybridized carbons (Fsp3) is 0.0625. The summed E-state index contributed by atoms with van der Waals surface area (Å²) in [5, 5.41) is 12.6. The number of nitrogens with zero attached hydrogens (tertiary/aromatic N) is 2. The normalized spacial score (nSPS) is 13.1. The lowest BCUT2D eigenvalue weighted by Gasteiger charge is -2.28. The van der Waals surface area contributed by atoms with Crippen molar-refractivity contribution in [3.63, 3.8) is 0 Å². The molecule has 0 amide bonds. The Morgan fingerprint density at radius 1 is 0.388 bits per heavy atom. The summed E-state index contributed by atoms with van der Waals surface area (Å²) in [5.74, 6) is 0. The van der Waals surface area contributed by atoms with Gasteiger partial charge in [-0.1, -0.05) is 159 Å². The zero-order valence-corrected chi connectivity index (χ0v) is 38.3. The van der Waals surface area contributed by atoms with E-state index in [0.29, 0.717) is 0 Å². The van der Waals surface area contributed by atoms with Crippen molar-refractivity contribution in [1.29, 1.82) is 0 Å². The van der Waals surface area contributed by atoms with Gasteiger partial charge in [0.25, 0.3) is 0 Å². The van der Waals surface area contributed by atoms with E-state index in [1.165, 1.54) is 113 Å². The molecule has 0 atom stereocenters. The van der Waals surface area contributed by atoms with E-state index in [9.17, 15) is 0 Å². The van der Waals surface area contributed by atoms with Gasteiger partial charge >= 0.3 is 0 Å². The molecule has 0 N–H and O–H groups in total. The summed E-state index contributed by atoms with van der Waals surface area (Å²) >= 11 is 1.87. The minimum absolute atomic E-state index is 0.146. The first-order valence-corrected chi connectivity index (χ1v) is 24.1. The lowest BCUT2D eigenvalue weighted by molar-refractivity contribution is 0.660. The Morgan fingerprint density at radius 3 is 1.84 bits per heavy atom. The van der Waals surface area contributed by atoms with Gasteiger partial charge in [-0.2, -0.15) is 0 Å². The standard InChI is InChI=1S/C64H44N2S/c1-39-16-18-40(19-17-39)43-21-20-41-23-30-49-48(55(41)34-43)29-24-42-22-25-44(35-56(42)49)65(46-26-31-51-50-10-4-7-13-58(50)64(2,3)59(51)37-46)47-27-32-53-52-11-5-8-14-60(52)66(61(53)38-47)45-28-33-63-57(36-45)54-12-6-9-15-62(54)67-63/h4-38H,1-3H3. The number of hydrogen-bond donors (Lipinski definition) is 0. The molecular weight excluding hydrogens is 829 g/mol. The Balaban J connectivity index is 1.000. The molecular formula is C64H44N2S. The van der Waals surface area contributed by atoms with Crippen molar-refractivity contribution in [3.8, 4) is 27.9 Å². The van der Waals surface area contributed by atoms with E-state index in [1.54, 1.807) is 0 Å².